The second-order valence-corrected chi connectivity index (χ2v) is 5.53. The normalized spacial score (nSPS) is 21.9. The van der Waals surface area contributed by atoms with Gasteiger partial charge >= 0.3 is 12.0 Å². The van der Waals surface area contributed by atoms with E-state index in [1.807, 2.05) is 0 Å². The molecule has 2 amide bonds. The maximum Gasteiger partial charge on any atom is 0.325 e. The van der Waals surface area contributed by atoms with Crippen LogP contribution in [0, 0.1) is 0 Å². The Labute approximate surface area is 125 Å². The molecule has 20 heavy (non-hydrogen) atoms. The summed E-state index contributed by atoms with van der Waals surface area (Å²) in [5.41, 5.74) is 4.69. The first kappa shape index (κ1) is 14.9. The second kappa shape index (κ2) is 5.47. The van der Waals surface area contributed by atoms with Crippen LogP contribution in [0.5, 0.6) is 0 Å². The standard InChI is InChI=1S/C12H13Cl2N3O3/c13-7-1-2-8(14)9(5-7)16-11(20)17-4-3-12(15,6-17)10(18)19/h1-2,5H,3-4,6,15H2,(H,16,20)(H,18,19). The summed E-state index contributed by atoms with van der Waals surface area (Å²) in [5, 5.41) is 12.4. The molecule has 0 radical (unpaired) electrons. The third-order valence-electron chi connectivity index (χ3n) is 3.18. The zero-order valence-electron chi connectivity index (χ0n) is 10.4. The molecule has 4 N–H and O–H groups in total. The van der Waals surface area contributed by atoms with Gasteiger partial charge in [-0.15, -0.1) is 0 Å². The number of aliphatic carboxylic acids is 1. The largest absolute Gasteiger partial charge is 0.480 e. The average Bonchev–Trinajstić information content (AvgIpc) is 2.78. The molecule has 0 bridgehead atoms. The average molecular weight is 318 g/mol. The van der Waals surface area contributed by atoms with Crippen LogP contribution in [-0.2, 0) is 4.79 Å². The first-order valence-electron chi connectivity index (χ1n) is 5.85. The summed E-state index contributed by atoms with van der Waals surface area (Å²) < 4.78 is 0. The summed E-state index contributed by atoms with van der Waals surface area (Å²) in [5.74, 6) is -1.12. The SMILES string of the molecule is NC1(C(=O)O)CCN(C(=O)Nc2cc(Cl)ccc2Cl)C1. The van der Waals surface area contributed by atoms with Gasteiger partial charge in [-0.1, -0.05) is 23.2 Å². The van der Waals surface area contributed by atoms with Crippen LogP contribution in [0.15, 0.2) is 18.2 Å². The summed E-state index contributed by atoms with van der Waals surface area (Å²) >= 11 is 11.8. The summed E-state index contributed by atoms with van der Waals surface area (Å²) in [6.07, 6.45) is 0.207. The second-order valence-electron chi connectivity index (χ2n) is 4.69. The van der Waals surface area contributed by atoms with Crippen molar-refractivity contribution in [1.82, 2.24) is 4.90 Å². The van der Waals surface area contributed by atoms with Crippen molar-refractivity contribution in [1.29, 1.82) is 0 Å². The molecule has 1 atom stereocenters. The number of amides is 2. The fourth-order valence-corrected chi connectivity index (χ4v) is 2.31. The summed E-state index contributed by atoms with van der Waals surface area (Å²) in [4.78, 5) is 24.4. The van der Waals surface area contributed by atoms with Crippen LogP contribution in [0.2, 0.25) is 10.0 Å². The van der Waals surface area contributed by atoms with E-state index in [1.54, 1.807) is 12.1 Å². The molecule has 1 aliphatic heterocycles. The van der Waals surface area contributed by atoms with Gasteiger partial charge in [0, 0.05) is 11.6 Å². The van der Waals surface area contributed by atoms with E-state index in [2.05, 4.69) is 5.32 Å². The van der Waals surface area contributed by atoms with Crippen LogP contribution >= 0.6 is 23.2 Å². The van der Waals surface area contributed by atoms with E-state index in [9.17, 15) is 9.59 Å². The monoisotopic (exact) mass is 317 g/mol. The van der Waals surface area contributed by atoms with Crippen molar-refractivity contribution in [2.75, 3.05) is 18.4 Å². The Morgan fingerprint density at radius 2 is 2.10 bits per heavy atom. The predicted molar refractivity (Wildman–Crippen MR) is 76.2 cm³/mol. The molecule has 2 rings (SSSR count). The number of anilines is 1. The van der Waals surface area contributed by atoms with Gasteiger partial charge in [-0.3, -0.25) is 4.79 Å². The highest BCUT2D eigenvalue weighted by molar-refractivity contribution is 6.35. The number of carboxylic acids is 1. The molecule has 1 fully saturated rings. The van der Waals surface area contributed by atoms with Crippen LogP contribution in [0.1, 0.15) is 6.42 Å². The van der Waals surface area contributed by atoms with Crippen molar-refractivity contribution in [3.05, 3.63) is 28.2 Å². The minimum absolute atomic E-state index is 0.0493. The van der Waals surface area contributed by atoms with E-state index < -0.39 is 17.5 Å². The van der Waals surface area contributed by atoms with Gasteiger partial charge in [-0.25, -0.2) is 4.79 Å². The van der Waals surface area contributed by atoms with E-state index in [4.69, 9.17) is 34.0 Å². The van der Waals surface area contributed by atoms with Gasteiger partial charge in [0.2, 0.25) is 0 Å². The van der Waals surface area contributed by atoms with E-state index in [1.165, 1.54) is 11.0 Å². The van der Waals surface area contributed by atoms with Crippen molar-refractivity contribution in [3.8, 4) is 0 Å². The number of nitrogens with two attached hydrogens (primary N) is 1. The zero-order chi connectivity index (χ0) is 14.9. The first-order chi connectivity index (χ1) is 9.32. The van der Waals surface area contributed by atoms with Crippen molar-refractivity contribution >= 4 is 40.9 Å². The van der Waals surface area contributed by atoms with Crippen molar-refractivity contribution < 1.29 is 14.7 Å². The quantitative estimate of drug-likeness (QED) is 0.777. The number of carbonyl (C=O) groups excluding carboxylic acids is 1. The van der Waals surface area contributed by atoms with Crippen LogP contribution in [0.25, 0.3) is 0 Å². The number of nitrogens with zero attached hydrogens (tertiary/aromatic N) is 1. The molecule has 0 saturated carbocycles. The molecular formula is C12H13Cl2N3O3. The number of urea groups is 1. The number of nitrogens with one attached hydrogen (secondary N) is 1. The minimum atomic E-state index is -1.39. The molecule has 1 saturated heterocycles. The van der Waals surface area contributed by atoms with Gasteiger partial charge < -0.3 is 21.1 Å². The molecule has 1 unspecified atom stereocenters. The van der Waals surface area contributed by atoms with Crippen molar-refractivity contribution in [3.63, 3.8) is 0 Å². The zero-order valence-corrected chi connectivity index (χ0v) is 11.9. The van der Waals surface area contributed by atoms with Gasteiger partial charge in [0.15, 0.2) is 0 Å². The number of hydrogen-bond donors (Lipinski definition) is 3. The maximum absolute atomic E-state index is 12.1. The highest BCUT2D eigenvalue weighted by Gasteiger charge is 2.43. The Balaban J connectivity index is 2.07. The Morgan fingerprint density at radius 1 is 1.40 bits per heavy atom. The van der Waals surface area contributed by atoms with Crippen molar-refractivity contribution in [2.45, 2.75) is 12.0 Å². The number of halogens is 2. The third kappa shape index (κ3) is 2.98. The van der Waals surface area contributed by atoms with Gasteiger partial charge in [0.25, 0.3) is 0 Å². The lowest BCUT2D eigenvalue weighted by atomic mass is 10.0. The highest BCUT2D eigenvalue weighted by Crippen LogP contribution is 2.26. The Hall–Kier alpha value is -1.50. The predicted octanol–water partition coefficient (Wildman–Crippen LogP) is 2.01. The van der Waals surface area contributed by atoms with E-state index >= 15 is 0 Å². The molecule has 108 valence electrons. The summed E-state index contributed by atoms with van der Waals surface area (Å²) in [6.45, 7) is 0.221. The third-order valence-corrected chi connectivity index (χ3v) is 3.75. The minimum Gasteiger partial charge on any atom is -0.480 e. The van der Waals surface area contributed by atoms with Gasteiger partial charge in [0.1, 0.15) is 5.54 Å². The molecule has 8 heteroatoms. The Bertz CT molecular complexity index is 567. The molecule has 0 aromatic heterocycles. The number of carboxylic acid groups (broad SMARTS) is 1. The fourth-order valence-electron chi connectivity index (χ4n) is 1.97. The topological polar surface area (TPSA) is 95.7 Å². The lowest BCUT2D eigenvalue weighted by Crippen LogP contribution is -2.51. The van der Waals surface area contributed by atoms with E-state index in [0.29, 0.717) is 15.7 Å². The van der Waals surface area contributed by atoms with Gasteiger partial charge in [-0.2, -0.15) is 0 Å². The number of rotatable bonds is 2. The smallest absolute Gasteiger partial charge is 0.325 e. The number of likely N-dealkylation sites (tertiary alicyclic amines) is 1. The van der Waals surface area contributed by atoms with Gasteiger partial charge in [-0.05, 0) is 24.6 Å². The Morgan fingerprint density at radius 3 is 2.70 bits per heavy atom. The summed E-state index contributed by atoms with van der Waals surface area (Å²) in [7, 11) is 0. The molecular weight excluding hydrogens is 305 g/mol. The summed E-state index contributed by atoms with van der Waals surface area (Å²) in [6, 6.07) is 4.23. The lowest BCUT2D eigenvalue weighted by Gasteiger charge is -2.20. The number of benzene rings is 1. The molecule has 1 aromatic rings. The van der Waals surface area contributed by atoms with Crippen LogP contribution in [0.3, 0.4) is 0 Å². The molecule has 0 aliphatic carbocycles. The molecule has 6 nitrogen and oxygen atoms in total. The van der Waals surface area contributed by atoms with Crippen LogP contribution in [0.4, 0.5) is 10.5 Å². The molecule has 1 aromatic carbocycles. The highest BCUT2D eigenvalue weighted by atomic mass is 35.5. The van der Waals surface area contributed by atoms with Crippen molar-refractivity contribution in [2.24, 2.45) is 5.73 Å². The van der Waals surface area contributed by atoms with E-state index in [0.717, 1.165) is 0 Å². The van der Waals surface area contributed by atoms with Crippen LogP contribution < -0.4 is 11.1 Å². The maximum atomic E-state index is 12.1. The molecule has 0 spiro atoms. The lowest BCUT2D eigenvalue weighted by molar-refractivity contribution is -0.142. The molecule has 1 aliphatic rings. The van der Waals surface area contributed by atoms with E-state index in [-0.39, 0.29) is 19.5 Å². The van der Waals surface area contributed by atoms with Gasteiger partial charge in [0.05, 0.1) is 17.3 Å². The number of carbonyl (C=O) groups is 2. The number of hydrogen-bond acceptors (Lipinski definition) is 3. The molecule has 1 heterocycles. The first-order valence-corrected chi connectivity index (χ1v) is 6.61. The Kier molecular flexibility index (Phi) is 4.08. The fraction of sp³-hybridized carbons (Fsp3) is 0.333. The van der Waals surface area contributed by atoms with Crippen LogP contribution in [-0.4, -0.2) is 40.6 Å².